The van der Waals surface area contributed by atoms with Crippen molar-refractivity contribution >= 4 is 21.7 Å². The van der Waals surface area contributed by atoms with Crippen LogP contribution < -0.4 is 5.32 Å². The molecule has 1 heterocycles. The highest BCUT2D eigenvalue weighted by Crippen LogP contribution is 2.26. The second-order valence-electron chi connectivity index (χ2n) is 4.14. The molecule has 1 aliphatic heterocycles. The zero-order chi connectivity index (χ0) is 12.6. The molecule has 0 bridgehead atoms. The number of hydrogen-bond donors (Lipinski definition) is 1. The summed E-state index contributed by atoms with van der Waals surface area (Å²) in [6, 6.07) is 4.49. The third-order valence-electron chi connectivity index (χ3n) is 2.31. The summed E-state index contributed by atoms with van der Waals surface area (Å²) < 4.78 is 28.5. The predicted molar refractivity (Wildman–Crippen MR) is 62.2 cm³/mol. The summed E-state index contributed by atoms with van der Waals surface area (Å²) in [6.07, 6.45) is -0.201. The second kappa shape index (κ2) is 4.12. The van der Waals surface area contributed by atoms with Crippen molar-refractivity contribution < 1.29 is 17.4 Å². The van der Waals surface area contributed by atoms with Gasteiger partial charge in [-0.15, -0.1) is 0 Å². The number of hydrogen-bond acceptors (Lipinski definition) is 4. The number of anilines is 1. The fourth-order valence-corrected chi connectivity index (χ4v) is 2.81. The average Bonchev–Trinajstić information content (AvgIpc) is 2.54. The lowest BCUT2D eigenvalue weighted by Crippen LogP contribution is -2.12. The summed E-state index contributed by atoms with van der Waals surface area (Å²) in [5.41, 5.74) is 1.35. The van der Waals surface area contributed by atoms with Crippen molar-refractivity contribution in [2.75, 3.05) is 5.32 Å². The van der Waals surface area contributed by atoms with Crippen molar-refractivity contribution in [3.8, 4) is 0 Å². The molecular weight excluding hydrogens is 242 g/mol. The van der Waals surface area contributed by atoms with Crippen molar-refractivity contribution in [3.63, 3.8) is 0 Å². The number of fused-ring (bicyclic) bond motifs is 1. The van der Waals surface area contributed by atoms with Gasteiger partial charge in [-0.1, -0.05) is 0 Å². The van der Waals surface area contributed by atoms with E-state index in [9.17, 15) is 13.2 Å². The molecule has 0 aliphatic carbocycles. The molecule has 0 unspecified atom stereocenters. The highest BCUT2D eigenvalue weighted by Gasteiger charge is 2.22. The van der Waals surface area contributed by atoms with E-state index in [1.165, 1.54) is 12.1 Å². The summed E-state index contributed by atoms with van der Waals surface area (Å²) in [5.74, 6) is -0.126. The lowest BCUT2D eigenvalue weighted by molar-refractivity contribution is -0.115. The number of amides is 1. The first-order valence-electron chi connectivity index (χ1n) is 5.24. The first-order chi connectivity index (χ1) is 7.88. The summed E-state index contributed by atoms with van der Waals surface area (Å²) in [6.45, 7) is 3.30. The van der Waals surface area contributed by atoms with Gasteiger partial charge in [0.2, 0.25) is 5.91 Å². The van der Waals surface area contributed by atoms with E-state index in [4.69, 9.17) is 4.18 Å². The van der Waals surface area contributed by atoms with Crippen molar-refractivity contribution in [1.29, 1.82) is 0 Å². The Balaban J connectivity index is 2.36. The maximum atomic E-state index is 11.8. The smallest absolute Gasteiger partial charge is 0.297 e. The van der Waals surface area contributed by atoms with Crippen molar-refractivity contribution in [2.24, 2.45) is 0 Å². The fourth-order valence-electron chi connectivity index (χ4n) is 1.67. The van der Waals surface area contributed by atoms with Crippen LogP contribution in [0.2, 0.25) is 0 Å². The Bertz CT molecular complexity index is 563. The van der Waals surface area contributed by atoms with Crippen LogP contribution in [0.3, 0.4) is 0 Å². The second-order valence-corrected chi connectivity index (χ2v) is 5.72. The van der Waals surface area contributed by atoms with E-state index in [1.807, 2.05) is 0 Å². The van der Waals surface area contributed by atoms with Gasteiger partial charge in [0, 0.05) is 5.69 Å². The van der Waals surface area contributed by atoms with E-state index in [2.05, 4.69) is 5.32 Å². The Hall–Kier alpha value is -1.40. The fraction of sp³-hybridized carbons (Fsp3) is 0.364. The summed E-state index contributed by atoms with van der Waals surface area (Å²) >= 11 is 0. The van der Waals surface area contributed by atoms with Crippen LogP contribution >= 0.6 is 0 Å². The van der Waals surface area contributed by atoms with Crippen LogP contribution in [-0.4, -0.2) is 20.4 Å². The Morgan fingerprint density at radius 2 is 2.06 bits per heavy atom. The SMILES string of the molecule is CC(C)OS(=O)(=O)c1ccc2c(c1)CC(=O)N2. The van der Waals surface area contributed by atoms with Crippen LogP contribution in [0.15, 0.2) is 23.1 Å². The van der Waals surface area contributed by atoms with Gasteiger partial charge in [0.1, 0.15) is 0 Å². The van der Waals surface area contributed by atoms with Gasteiger partial charge < -0.3 is 5.32 Å². The van der Waals surface area contributed by atoms with Crippen LogP contribution in [-0.2, 0) is 25.5 Å². The van der Waals surface area contributed by atoms with Crippen LogP contribution in [0.5, 0.6) is 0 Å². The van der Waals surface area contributed by atoms with Gasteiger partial charge in [-0.3, -0.25) is 8.98 Å². The molecule has 5 nitrogen and oxygen atoms in total. The molecule has 0 spiro atoms. The van der Waals surface area contributed by atoms with E-state index >= 15 is 0 Å². The van der Waals surface area contributed by atoms with Gasteiger partial charge in [0.25, 0.3) is 10.1 Å². The molecule has 17 heavy (non-hydrogen) atoms. The van der Waals surface area contributed by atoms with Crippen molar-refractivity contribution in [3.05, 3.63) is 23.8 Å². The molecule has 92 valence electrons. The Morgan fingerprint density at radius 1 is 1.35 bits per heavy atom. The zero-order valence-electron chi connectivity index (χ0n) is 9.56. The highest BCUT2D eigenvalue weighted by atomic mass is 32.2. The van der Waals surface area contributed by atoms with Gasteiger partial charge in [-0.05, 0) is 37.6 Å². The maximum Gasteiger partial charge on any atom is 0.297 e. The number of benzene rings is 1. The van der Waals surface area contributed by atoms with Gasteiger partial charge in [-0.25, -0.2) is 0 Å². The quantitative estimate of drug-likeness (QED) is 0.826. The average molecular weight is 255 g/mol. The third-order valence-corrected chi connectivity index (χ3v) is 3.78. The van der Waals surface area contributed by atoms with Crippen LogP contribution in [0.1, 0.15) is 19.4 Å². The van der Waals surface area contributed by atoms with Gasteiger partial charge >= 0.3 is 0 Å². The van der Waals surface area contributed by atoms with E-state index < -0.39 is 16.2 Å². The van der Waals surface area contributed by atoms with Gasteiger partial charge in [0.15, 0.2) is 0 Å². The number of carbonyl (C=O) groups is 1. The summed E-state index contributed by atoms with van der Waals surface area (Å²) in [4.78, 5) is 11.2. The molecule has 1 aliphatic rings. The number of rotatable bonds is 3. The molecular formula is C11H13NO4S. The first-order valence-corrected chi connectivity index (χ1v) is 6.65. The molecule has 2 rings (SSSR count). The molecule has 0 atom stereocenters. The molecule has 0 fully saturated rings. The lowest BCUT2D eigenvalue weighted by atomic mass is 10.2. The van der Waals surface area contributed by atoms with E-state index in [-0.39, 0.29) is 17.2 Å². The molecule has 0 radical (unpaired) electrons. The Labute approximate surface area is 99.9 Å². The highest BCUT2D eigenvalue weighted by molar-refractivity contribution is 7.86. The third kappa shape index (κ3) is 2.48. The van der Waals surface area contributed by atoms with E-state index in [1.54, 1.807) is 19.9 Å². The molecule has 1 N–H and O–H groups in total. The first kappa shape index (κ1) is 12.1. The number of nitrogens with one attached hydrogen (secondary N) is 1. The number of carbonyl (C=O) groups excluding carboxylic acids is 1. The molecule has 1 amide bonds. The van der Waals surface area contributed by atoms with Gasteiger partial charge in [0.05, 0.1) is 17.4 Å². The topological polar surface area (TPSA) is 72.5 Å². The molecule has 0 saturated heterocycles. The predicted octanol–water partition coefficient (Wildman–Crippen LogP) is 1.29. The molecule has 1 aromatic carbocycles. The van der Waals surface area contributed by atoms with E-state index in [0.717, 1.165) is 0 Å². The summed E-state index contributed by atoms with van der Waals surface area (Å²) in [7, 11) is -3.74. The Kier molecular flexibility index (Phi) is 2.92. The normalized spacial score (nSPS) is 14.9. The molecule has 1 aromatic rings. The maximum absolute atomic E-state index is 11.8. The lowest BCUT2D eigenvalue weighted by Gasteiger charge is -2.09. The zero-order valence-corrected chi connectivity index (χ0v) is 10.4. The minimum absolute atomic E-state index is 0.0847. The van der Waals surface area contributed by atoms with Gasteiger partial charge in [-0.2, -0.15) is 8.42 Å². The standard InChI is InChI=1S/C11H13NO4S/c1-7(2)16-17(14,15)9-3-4-10-8(5-9)6-11(13)12-10/h3-5,7H,6H2,1-2H3,(H,12,13). The van der Waals surface area contributed by atoms with Crippen molar-refractivity contribution in [2.45, 2.75) is 31.3 Å². The monoisotopic (exact) mass is 255 g/mol. The van der Waals surface area contributed by atoms with Crippen LogP contribution in [0, 0.1) is 0 Å². The molecule has 6 heteroatoms. The van der Waals surface area contributed by atoms with Crippen LogP contribution in [0.4, 0.5) is 5.69 Å². The van der Waals surface area contributed by atoms with Crippen LogP contribution in [0.25, 0.3) is 0 Å². The van der Waals surface area contributed by atoms with E-state index in [0.29, 0.717) is 11.3 Å². The molecule has 0 saturated carbocycles. The largest absolute Gasteiger partial charge is 0.326 e. The minimum atomic E-state index is -3.74. The van der Waals surface area contributed by atoms with Crippen molar-refractivity contribution in [1.82, 2.24) is 0 Å². The summed E-state index contributed by atoms with van der Waals surface area (Å²) in [5, 5.41) is 2.64. The molecule has 0 aromatic heterocycles. The minimum Gasteiger partial charge on any atom is -0.326 e. The Morgan fingerprint density at radius 3 is 2.71 bits per heavy atom.